The Bertz CT molecular complexity index is 334. The number of likely N-dealkylation sites (tertiary alicyclic amines) is 1. The van der Waals surface area contributed by atoms with Crippen LogP contribution in [0.3, 0.4) is 0 Å². The van der Waals surface area contributed by atoms with Crippen molar-refractivity contribution in [1.29, 1.82) is 0 Å². The number of carbonyl (C=O) groups is 2. The first-order chi connectivity index (χ1) is 9.13. The first kappa shape index (κ1) is 14.4. The zero-order valence-corrected chi connectivity index (χ0v) is 12.1. The van der Waals surface area contributed by atoms with Crippen molar-refractivity contribution in [1.82, 2.24) is 4.90 Å². The molecular formula is C15H25NO3. The van der Waals surface area contributed by atoms with Crippen LogP contribution in [0, 0.1) is 11.8 Å². The number of hydrogen-bond donors (Lipinski definition) is 0. The molecule has 4 nitrogen and oxygen atoms in total. The SMILES string of the molecule is CCOC(=O)C1CCCN1C(=O)C1CCC(C)CC1. The second-order valence-electron chi connectivity index (χ2n) is 5.90. The Kier molecular flexibility index (Phi) is 4.83. The first-order valence-corrected chi connectivity index (χ1v) is 7.60. The van der Waals surface area contributed by atoms with Gasteiger partial charge >= 0.3 is 5.97 Å². The molecule has 0 spiro atoms. The Balaban J connectivity index is 1.95. The summed E-state index contributed by atoms with van der Waals surface area (Å²) in [6.07, 6.45) is 5.90. The third-order valence-electron chi connectivity index (χ3n) is 4.46. The molecule has 19 heavy (non-hydrogen) atoms. The lowest BCUT2D eigenvalue weighted by Crippen LogP contribution is -2.44. The Morgan fingerprint density at radius 3 is 2.47 bits per heavy atom. The van der Waals surface area contributed by atoms with Crippen LogP contribution in [0.25, 0.3) is 0 Å². The quantitative estimate of drug-likeness (QED) is 0.737. The van der Waals surface area contributed by atoms with Crippen molar-refractivity contribution < 1.29 is 14.3 Å². The van der Waals surface area contributed by atoms with E-state index in [0.29, 0.717) is 13.2 Å². The van der Waals surface area contributed by atoms with E-state index in [9.17, 15) is 9.59 Å². The number of rotatable bonds is 3. The van der Waals surface area contributed by atoms with Crippen LogP contribution in [0.2, 0.25) is 0 Å². The van der Waals surface area contributed by atoms with E-state index in [-0.39, 0.29) is 23.8 Å². The summed E-state index contributed by atoms with van der Waals surface area (Å²) >= 11 is 0. The minimum Gasteiger partial charge on any atom is -0.464 e. The number of ether oxygens (including phenoxy) is 1. The normalized spacial score (nSPS) is 31.3. The van der Waals surface area contributed by atoms with Gasteiger partial charge in [0.1, 0.15) is 6.04 Å². The van der Waals surface area contributed by atoms with Gasteiger partial charge in [-0.3, -0.25) is 4.79 Å². The molecule has 0 aromatic heterocycles. The lowest BCUT2D eigenvalue weighted by Gasteiger charge is -2.31. The number of esters is 1. The Morgan fingerprint density at radius 1 is 1.16 bits per heavy atom. The summed E-state index contributed by atoms with van der Waals surface area (Å²) < 4.78 is 5.08. The van der Waals surface area contributed by atoms with Crippen molar-refractivity contribution in [3.05, 3.63) is 0 Å². The van der Waals surface area contributed by atoms with E-state index in [1.165, 1.54) is 0 Å². The molecule has 0 bridgehead atoms. The van der Waals surface area contributed by atoms with Gasteiger partial charge in [0.25, 0.3) is 0 Å². The van der Waals surface area contributed by atoms with Crippen molar-refractivity contribution in [3.63, 3.8) is 0 Å². The standard InChI is InChI=1S/C15H25NO3/c1-3-19-15(18)13-5-4-10-16(13)14(17)12-8-6-11(2)7-9-12/h11-13H,3-10H2,1-2H3. The highest BCUT2D eigenvalue weighted by Crippen LogP contribution is 2.31. The number of amides is 1. The minimum absolute atomic E-state index is 0.131. The van der Waals surface area contributed by atoms with Gasteiger partial charge in [0.2, 0.25) is 5.91 Å². The van der Waals surface area contributed by atoms with Gasteiger partial charge in [0.15, 0.2) is 0 Å². The van der Waals surface area contributed by atoms with Crippen molar-refractivity contribution in [2.45, 2.75) is 58.4 Å². The summed E-state index contributed by atoms with van der Waals surface area (Å²) in [5, 5.41) is 0. The molecule has 108 valence electrons. The highest BCUT2D eigenvalue weighted by Gasteiger charge is 2.38. The fourth-order valence-electron chi connectivity index (χ4n) is 3.26. The molecule has 1 unspecified atom stereocenters. The number of hydrogen-bond acceptors (Lipinski definition) is 3. The topological polar surface area (TPSA) is 46.6 Å². The van der Waals surface area contributed by atoms with Gasteiger partial charge in [-0.1, -0.05) is 6.92 Å². The molecule has 2 fully saturated rings. The van der Waals surface area contributed by atoms with Crippen LogP contribution in [0.5, 0.6) is 0 Å². The molecule has 4 heteroatoms. The molecule has 1 amide bonds. The molecule has 1 heterocycles. The lowest BCUT2D eigenvalue weighted by molar-refractivity contribution is -0.154. The summed E-state index contributed by atoms with van der Waals surface area (Å²) in [7, 11) is 0. The van der Waals surface area contributed by atoms with Crippen molar-refractivity contribution in [3.8, 4) is 0 Å². The molecule has 1 aliphatic heterocycles. The third kappa shape index (κ3) is 3.28. The van der Waals surface area contributed by atoms with Crippen LogP contribution in [0.1, 0.15) is 52.4 Å². The largest absolute Gasteiger partial charge is 0.464 e. The van der Waals surface area contributed by atoms with Crippen molar-refractivity contribution >= 4 is 11.9 Å². The molecular weight excluding hydrogens is 242 g/mol. The Morgan fingerprint density at radius 2 is 1.84 bits per heavy atom. The van der Waals surface area contributed by atoms with Crippen LogP contribution in [0.4, 0.5) is 0 Å². The fourth-order valence-corrected chi connectivity index (χ4v) is 3.26. The Labute approximate surface area is 115 Å². The van der Waals surface area contributed by atoms with Crippen molar-refractivity contribution in [2.75, 3.05) is 13.2 Å². The highest BCUT2D eigenvalue weighted by molar-refractivity contribution is 5.86. The highest BCUT2D eigenvalue weighted by atomic mass is 16.5. The fraction of sp³-hybridized carbons (Fsp3) is 0.867. The molecule has 0 aromatic carbocycles. The molecule has 0 N–H and O–H groups in total. The van der Waals surface area contributed by atoms with Crippen LogP contribution in [-0.2, 0) is 14.3 Å². The number of carbonyl (C=O) groups excluding carboxylic acids is 2. The summed E-state index contributed by atoms with van der Waals surface area (Å²) in [6, 6.07) is -0.327. The first-order valence-electron chi connectivity index (χ1n) is 7.60. The molecule has 1 saturated heterocycles. The summed E-state index contributed by atoms with van der Waals surface area (Å²) in [4.78, 5) is 26.2. The molecule has 0 aromatic rings. The molecule has 1 saturated carbocycles. The molecule has 2 aliphatic rings. The van der Waals surface area contributed by atoms with Gasteiger partial charge < -0.3 is 9.64 Å². The van der Waals surface area contributed by atoms with E-state index in [0.717, 1.165) is 44.4 Å². The van der Waals surface area contributed by atoms with E-state index in [1.54, 1.807) is 4.90 Å². The third-order valence-corrected chi connectivity index (χ3v) is 4.46. The maximum atomic E-state index is 12.5. The van der Waals surface area contributed by atoms with Gasteiger partial charge in [0, 0.05) is 12.5 Å². The van der Waals surface area contributed by atoms with Gasteiger partial charge in [0.05, 0.1) is 6.61 Å². The maximum absolute atomic E-state index is 12.5. The summed E-state index contributed by atoms with van der Waals surface area (Å²) in [6.45, 7) is 5.16. The maximum Gasteiger partial charge on any atom is 0.328 e. The zero-order chi connectivity index (χ0) is 13.8. The van der Waals surface area contributed by atoms with Crippen LogP contribution in [0.15, 0.2) is 0 Å². The molecule has 1 atom stereocenters. The van der Waals surface area contributed by atoms with E-state index in [2.05, 4.69) is 6.92 Å². The van der Waals surface area contributed by atoms with Gasteiger partial charge in [-0.15, -0.1) is 0 Å². The predicted octanol–water partition coefficient (Wildman–Crippen LogP) is 2.37. The van der Waals surface area contributed by atoms with E-state index in [4.69, 9.17) is 4.74 Å². The smallest absolute Gasteiger partial charge is 0.328 e. The number of nitrogens with zero attached hydrogens (tertiary/aromatic N) is 1. The van der Waals surface area contributed by atoms with Gasteiger partial charge in [-0.05, 0) is 51.4 Å². The summed E-state index contributed by atoms with van der Waals surface area (Å²) in [5.74, 6) is 0.828. The second kappa shape index (κ2) is 6.40. The lowest BCUT2D eigenvalue weighted by atomic mass is 9.82. The van der Waals surface area contributed by atoms with E-state index < -0.39 is 0 Å². The Hall–Kier alpha value is -1.06. The minimum atomic E-state index is -0.327. The second-order valence-corrected chi connectivity index (χ2v) is 5.90. The van der Waals surface area contributed by atoms with E-state index >= 15 is 0 Å². The van der Waals surface area contributed by atoms with Crippen LogP contribution in [-0.4, -0.2) is 36.0 Å². The molecule has 2 rings (SSSR count). The molecule has 0 radical (unpaired) electrons. The van der Waals surface area contributed by atoms with Crippen LogP contribution < -0.4 is 0 Å². The average Bonchev–Trinajstić information content (AvgIpc) is 2.88. The molecule has 1 aliphatic carbocycles. The van der Waals surface area contributed by atoms with E-state index in [1.807, 2.05) is 6.92 Å². The van der Waals surface area contributed by atoms with Gasteiger partial charge in [-0.2, -0.15) is 0 Å². The average molecular weight is 267 g/mol. The van der Waals surface area contributed by atoms with Gasteiger partial charge in [-0.25, -0.2) is 4.79 Å². The predicted molar refractivity (Wildman–Crippen MR) is 72.5 cm³/mol. The monoisotopic (exact) mass is 267 g/mol. The van der Waals surface area contributed by atoms with Crippen molar-refractivity contribution in [2.24, 2.45) is 11.8 Å². The zero-order valence-electron chi connectivity index (χ0n) is 12.1. The van der Waals surface area contributed by atoms with Crippen LogP contribution >= 0.6 is 0 Å². The summed E-state index contributed by atoms with van der Waals surface area (Å²) in [5.41, 5.74) is 0.